The molecule has 1 aromatic carbocycles. The number of benzene rings is 1. The lowest BCUT2D eigenvalue weighted by atomic mass is 10.0. The minimum absolute atomic E-state index is 0.491. The topological polar surface area (TPSA) is 37.3 Å². The molecule has 0 radical (unpaired) electrons. The first-order valence-corrected chi connectivity index (χ1v) is 5.50. The van der Waals surface area contributed by atoms with Gasteiger partial charge in [-0.05, 0) is 24.0 Å². The van der Waals surface area contributed by atoms with Crippen LogP contribution in [0.4, 0.5) is 0 Å². The van der Waals surface area contributed by atoms with E-state index in [1.165, 1.54) is 5.56 Å². The number of halogens is 1. The van der Waals surface area contributed by atoms with E-state index in [2.05, 4.69) is 22.9 Å². The Morgan fingerprint density at radius 3 is 2.50 bits per heavy atom. The van der Waals surface area contributed by atoms with Crippen molar-refractivity contribution in [3.63, 3.8) is 0 Å². The predicted octanol–water partition coefficient (Wildman–Crippen LogP) is 2.64. The maximum absolute atomic E-state index is 10.7. The summed E-state index contributed by atoms with van der Waals surface area (Å²) >= 11 is 3.14. The summed E-state index contributed by atoms with van der Waals surface area (Å²) < 4.78 is 0. The van der Waals surface area contributed by atoms with Gasteiger partial charge in [0.05, 0.1) is 0 Å². The number of alkyl halides is 1. The zero-order chi connectivity index (χ0) is 10.6. The van der Waals surface area contributed by atoms with Crippen LogP contribution in [0.3, 0.4) is 0 Å². The predicted molar refractivity (Wildman–Crippen MR) is 59.9 cm³/mol. The molecule has 0 bridgehead atoms. The smallest absolute Gasteiger partial charge is 0.317 e. The first-order chi connectivity index (χ1) is 6.65. The number of carbonyl (C=O) groups is 1. The third-order valence-corrected chi connectivity index (χ3v) is 2.88. The standard InChI is InChI=1S/C11H13BrO2/c1-2-8-5-3-4-6-9(8)7-10(12)11(13)14/h3-6,10H,2,7H2,1H3,(H,13,14)/t10-/m1/s1. The zero-order valence-electron chi connectivity index (χ0n) is 8.03. The molecule has 0 aromatic heterocycles. The van der Waals surface area contributed by atoms with Gasteiger partial charge in [0.15, 0.2) is 0 Å². The summed E-state index contributed by atoms with van der Waals surface area (Å²) in [5, 5.41) is 8.76. The summed E-state index contributed by atoms with van der Waals surface area (Å²) in [6.45, 7) is 2.07. The first kappa shape index (κ1) is 11.2. The summed E-state index contributed by atoms with van der Waals surface area (Å²) in [7, 11) is 0. The van der Waals surface area contributed by atoms with Crippen LogP contribution in [0.25, 0.3) is 0 Å². The Labute approximate surface area is 92.1 Å². The fourth-order valence-electron chi connectivity index (χ4n) is 1.38. The van der Waals surface area contributed by atoms with E-state index in [0.29, 0.717) is 6.42 Å². The largest absolute Gasteiger partial charge is 0.480 e. The van der Waals surface area contributed by atoms with Gasteiger partial charge in [-0.2, -0.15) is 0 Å². The van der Waals surface area contributed by atoms with Crippen LogP contribution in [0, 0.1) is 0 Å². The van der Waals surface area contributed by atoms with Crippen LogP contribution in [0.1, 0.15) is 18.1 Å². The molecule has 14 heavy (non-hydrogen) atoms. The van der Waals surface area contributed by atoms with Gasteiger partial charge in [-0.15, -0.1) is 0 Å². The molecule has 0 saturated heterocycles. The summed E-state index contributed by atoms with van der Waals surface area (Å²) in [4.78, 5) is 10.2. The maximum atomic E-state index is 10.7. The first-order valence-electron chi connectivity index (χ1n) is 4.58. The number of aliphatic carboxylic acids is 1. The molecule has 1 rings (SSSR count). The van der Waals surface area contributed by atoms with Crippen LogP contribution in [-0.2, 0) is 17.6 Å². The lowest BCUT2D eigenvalue weighted by Crippen LogP contribution is -2.16. The van der Waals surface area contributed by atoms with Crippen LogP contribution in [0.15, 0.2) is 24.3 Å². The van der Waals surface area contributed by atoms with Crippen molar-refractivity contribution < 1.29 is 9.90 Å². The van der Waals surface area contributed by atoms with Gasteiger partial charge in [-0.1, -0.05) is 47.1 Å². The molecule has 1 aromatic rings. The lowest BCUT2D eigenvalue weighted by Gasteiger charge is -2.09. The molecule has 0 saturated carbocycles. The Morgan fingerprint density at radius 2 is 2.00 bits per heavy atom. The molecule has 2 nitrogen and oxygen atoms in total. The van der Waals surface area contributed by atoms with Crippen LogP contribution in [0.2, 0.25) is 0 Å². The van der Waals surface area contributed by atoms with Gasteiger partial charge < -0.3 is 5.11 Å². The van der Waals surface area contributed by atoms with Gasteiger partial charge in [0, 0.05) is 0 Å². The van der Waals surface area contributed by atoms with Crippen molar-refractivity contribution in [2.24, 2.45) is 0 Å². The average Bonchev–Trinajstić information content (AvgIpc) is 2.18. The Hall–Kier alpha value is -0.830. The van der Waals surface area contributed by atoms with Gasteiger partial charge in [-0.25, -0.2) is 0 Å². The molecule has 0 aliphatic heterocycles. The summed E-state index contributed by atoms with van der Waals surface area (Å²) in [5.74, 6) is -0.809. The van der Waals surface area contributed by atoms with E-state index >= 15 is 0 Å². The second-order valence-electron chi connectivity index (χ2n) is 3.13. The Kier molecular flexibility index (Phi) is 4.14. The molecule has 0 amide bonds. The molecule has 1 atom stereocenters. The number of hydrogen-bond donors (Lipinski definition) is 1. The van der Waals surface area contributed by atoms with Crippen LogP contribution in [-0.4, -0.2) is 15.9 Å². The summed E-state index contributed by atoms with van der Waals surface area (Å²) in [6.07, 6.45) is 1.48. The van der Waals surface area contributed by atoms with E-state index in [-0.39, 0.29) is 0 Å². The van der Waals surface area contributed by atoms with Crippen LogP contribution < -0.4 is 0 Å². The molecule has 1 N–H and O–H groups in total. The highest BCUT2D eigenvalue weighted by atomic mass is 79.9. The second-order valence-corrected chi connectivity index (χ2v) is 4.24. The van der Waals surface area contributed by atoms with Gasteiger partial charge in [0.25, 0.3) is 0 Å². The molecule has 0 aliphatic carbocycles. The normalized spacial score (nSPS) is 12.4. The molecule has 3 heteroatoms. The Morgan fingerprint density at radius 1 is 1.43 bits per heavy atom. The molecule has 0 fully saturated rings. The minimum Gasteiger partial charge on any atom is -0.480 e. The molecular formula is C11H13BrO2. The highest BCUT2D eigenvalue weighted by Crippen LogP contribution is 2.15. The van der Waals surface area contributed by atoms with Crippen LogP contribution >= 0.6 is 15.9 Å². The third kappa shape index (κ3) is 2.84. The Bertz CT molecular complexity index is 323. The number of aryl methyl sites for hydroxylation is 1. The monoisotopic (exact) mass is 256 g/mol. The SMILES string of the molecule is CCc1ccccc1C[C@@H](Br)C(=O)O. The van der Waals surface area contributed by atoms with E-state index in [1.54, 1.807) is 0 Å². The quantitative estimate of drug-likeness (QED) is 0.842. The van der Waals surface area contributed by atoms with Gasteiger partial charge in [-0.3, -0.25) is 4.79 Å². The van der Waals surface area contributed by atoms with Gasteiger partial charge in [0.1, 0.15) is 4.83 Å². The molecule has 0 aliphatic rings. The third-order valence-electron chi connectivity index (χ3n) is 2.17. The highest BCUT2D eigenvalue weighted by molar-refractivity contribution is 9.10. The van der Waals surface area contributed by atoms with Crippen molar-refractivity contribution in [2.45, 2.75) is 24.6 Å². The Balaban J connectivity index is 2.80. The van der Waals surface area contributed by atoms with Gasteiger partial charge >= 0.3 is 5.97 Å². The number of rotatable bonds is 4. The minimum atomic E-state index is -0.809. The lowest BCUT2D eigenvalue weighted by molar-refractivity contribution is -0.136. The number of carboxylic acids is 1. The molecule has 0 unspecified atom stereocenters. The fraction of sp³-hybridized carbons (Fsp3) is 0.364. The van der Waals surface area contributed by atoms with E-state index in [9.17, 15) is 4.79 Å². The van der Waals surface area contributed by atoms with Crippen molar-refractivity contribution in [3.05, 3.63) is 35.4 Å². The van der Waals surface area contributed by atoms with Crippen molar-refractivity contribution in [2.75, 3.05) is 0 Å². The van der Waals surface area contributed by atoms with E-state index in [1.807, 2.05) is 24.3 Å². The summed E-state index contributed by atoms with van der Waals surface area (Å²) in [5.41, 5.74) is 2.33. The van der Waals surface area contributed by atoms with Crippen LogP contribution in [0.5, 0.6) is 0 Å². The number of carboxylic acid groups (broad SMARTS) is 1. The van der Waals surface area contributed by atoms with E-state index in [4.69, 9.17) is 5.11 Å². The average molecular weight is 257 g/mol. The van der Waals surface area contributed by atoms with Crippen molar-refractivity contribution >= 4 is 21.9 Å². The van der Waals surface area contributed by atoms with Crippen molar-refractivity contribution in [3.8, 4) is 0 Å². The molecule has 0 spiro atoms. The number of hydrogen-bond acceptors (Lipinski definition) is 1. The van der Waals surface area contributed by atoms with Crippen molar-refractivity contribution in [1.29, 1.82) is 0 Å². The fourth-order valence-corrected chi connectivity index (χ4v) is 1.73. The zero-order valence-corrected chi connectivity index (χ0v) is 9.62. The maximum Gasteiger partial charge on any atom is 0.317 e. The molecular weight excluding hydrogens is 244 g/mol. The highest BCUT2D eigenvalue weighted by Gasteiger charge is 2.14. The molecule has 0 heterocycles. The van der Waals surface area contributed by atoms with Gasteiger partial charge in [0.2, 0.25) is 0 Å². The van der Waals surface area contributed by atoms with E-state index < -0.39 is 10.8 Å². The summed E-state index contributed by atoms with van der Waals surface area (Å²) in [6, 6.07) is 7.94. The molecule has 76 valence electrons. The second kappa shape index (κ2) is 5.15. The van der Waals surface area contributed by atoms with Crippen molar-refractivity contribution in [1.82, 2.24) is 0 Å². The van der Waals surface area contributed by atoms with E-state index in [0.717, 1.165) is 12.0 Å².